The van der Waals surface area contributed by atoms with Crippen LogP contribution >= 0.6 is 0 Å². The number of ether oxygens (including phenoxy) is 1. The van der Waals surface area contributed by atoms with E-state index in [-0.39, 0.29) is 0 Å². The average Bonchev–Trinajstić information content (AvgIpc) is 2.93. The smallest absolute Gasteiger partial charge is 0.155 e. The Morgan fingerprint density at radius 1 is 1.35 bits per heavy atom. The number of nitrogen functional groups attached to an aromatic ring is 1. The largest absolute Gasteiger partial charge is 0.497 e. The third-order valence-corrected chi connectivity index (χ3v) is 2.64. The van der Waals surface area contributed by atoms with Crippen LogP contribution in [-0.2, 0) is 0 Å². The van der Waals surface area contributed by atoms with E-state index in [1.165, 1.54) is 0 Å². The maximum Gasteiger partial charge on any atom is 0.155 e. The third-order valence-electron chi connectivity index (χ3n) is 2.64. The Hall–Kier alpha value is -2.43. The quantitative estimate of drug-likeness (QED) is 0.707. The third kappa shape index (κ3) is 1.52. The molecule has 1 aromatic carbocycles. The highest BCUT2D eigenvalue weighted by molar-refractivity contribution is 5.85. The van der Waals surface area contributed by atoms with Crippen LogP contribution in [0.2, 0.25) is 0 Å². The zero-order valence-electron chi connectivity index (χ0n) is 9.23. The first-order valence-corrected chi connectivity index (χ1v) is 5.15. The lowest BCUT2D eigenvalue weighted by atomic mass is 10.2. The monoisotopic (exact) mass is 229 g/mol. The number of aromatic amines is 1. The number of fused-ring (bicyclic) bond motifs is 1. The van der Waals surface area contributed by atoms with E-state index in [0.717, 1.165) is 16.7 Å². The summed E-state index contributed by atoms with van der Waals surface area (Å²) in [4.78, 5) is 0. The van der Waals surface area contributed by atoms with E-state index in [9.17, 15) is 0 Å². The van der Waals surface area contributed by atoms with Crippen molar-refractivity contribution in [3.05, 3.63) is 30.5 Å². The SMILES string of the molecule is COc1ccc2oc(-c3[nH]ncc3N)cc2c1. The summed E-state index contributed by atoms with van der Waals surface area (Å²) in [5.41, 5.74) is 7.82. The van der Waals surface area contributed by atoms with E-state index >= 15 is 0 Å². The van der Waals surface area contributed by atoms with E-state index < -0.39 is 0 Å². The first kappa shape index (κ1) is 9.77. The number of methoxy groups -OCH3 is 1. The van der Waals surface area contributed by atoms with E-state index in [4.69, 9.17) is 14.9 Å². The number of hydrogen-bond acceptors (Lipinski definition) is 4. The molecule has 0 atom stereocenters. The molecule has 5 heteroatoms. The van der Waals surface area contributed by atoms with Crippen LogP contribution in [0.4, 0.5) is 5.69 Å². The van der Waals surface area contributed by atoms with Crippen molar-refractivity contribution in [1.82, 2.24) is 10.2 Å². The van der Waals surface area contributed by atoms with Crippen molar-refractivity contribution in [3.63, 3.8) is 0 Å². The lowest BCUT2D eigenvalue weighted by molar-refractivity contribution is 0.415. The Morgan fingerprint density at radius 2 is 2.24 bits per heavy atom. The van der Waals surface area contributed by atoms with Gasteiger partial charge in [0.25, 0.3) is 0 Å². The summed E-state index contributed by atoms with van der Waals surface area (Å²) in [6.45, 7) is 0. The van der Waals surface area contributed by atoms with Gasteiger partial charge < -0.3 is 14.9 Å². The van der Waals surface area contributed by atoms with Crippen LogP contribution in [0.5, 0.6) is 5.75 Å². The summed E-state index contributed by atoms with van der Waals surface area (Å²) in [6, 6.07) is 7.53. The molecule has 0 saturated heterocycles. The molecule has 0 unspecified atom stereocenters. The maximum atomic E-state index is 5.77. The zero-order chi connectivity index (χ0) is 11.8. The molecule has 0 spiro atoms. The molecular weight excluding hydrogens is 218 g/mol. The molecule has 2 aromatic heterocycles. The van der Waals surface area contributed by atoms with E-state index in [2.05, 4.69) is 10.2 Å². The van der Waals surface area contributed by atoms with Crippen molar-refractivity contribution >= 4 is 16.7 Å². The minimum absolute atomic E-state index is 0.566. The second kappa shape index (κ2) is 3.55. The first-order chi connectivity index (χ1) is 8.28. The minimum Gasteiger partial charge on any atom is -0.497 e. The minimum atomic E-state index is 0.566. The Labute approximate surface area is 97.2 Å². The predicted octanol–water partition coefficient (Wildman–Crippen LogP) is 2.41. The number of nitrogens with two attached hydrogens (primary N) is 1. The van der Waals surface area contributed by atoms with Crippen molar-refractivity contribution in [2.24, 2.45) is 0 Å². The normalized spacial score (nSPS) is 10.9. The van der Waals surface area contributed by atoms with Crippen molar-refractivity contribution in [3.8, 4) is 17.2 Å². The van der Waals surface area contributed by atoms with Crippen molar-refractivity contribution in [2.45, 2.75) is 0 Å². The van der Waals surface area contributed by atoms with E-state index in [1.807, 2.05) is 24.3 Å². The second-order valence-electron chi connectivity index (χ2n) is 3.71. The van der Waals surface area contributed by atoms with Crippen LogP contribution in [0, 0.1) is 0 Å². The predicted molar refractivity (Wildman–Crippen MR) is 64.8 cm³/mol. The van der Waals surface area contributed by atoms with Gasteiger partial charge in [0, 0.05) is 5.39 Å². The van der Waals surface area contributed by atoms with E-state index in [1.54, 1.807) is 13.3 Å². The van der Waals surface area contributed by atoms with Gasteiger partial charge in [0.1, 0.15) is 17.0 Å². The van der Waals surface area contributed by atoms with Gasteiger partial charge in [-0.3, -0.25) is 5.10 Å². The number of hydrogen-bond donors (Lipinski definition) is 2. The number of benzene rings is 1. The fourth-order valence-corrected chi connectivity index (χ4v) is 1.76. The van der Waals surface area contributed by atoms with Crippen LogP contribution in [0.3, 0.4) is 0 Å². The Balaban J connectivity index is 2.17. The number of furan rings is 1. The average molecular weight is 229 g/mol. The molecule has 3 rings (SSSR count). The van der Waals surface area contributed by atoms with Gasteiger partial charge in [0.15, 0.2) is 5.76 Å². The number of nitrogens with one attached hydrogen (secondary N) is 1. The van der Waals surface area contributed by atoms with Gasteiger partial charge in [0.05, 0.1) is 19.0 Å². The summed E-state index contributed by atoms with van der Waals surface area (Å²) in [5, 5.41) is 7.64. The Morgan fingerprint density at radius 3 is 2.94 bits per heavy atom. The molecule has 0 aliphatic heterocycles. The van der Waals surface area contributed by atoms with Gasteiger partial charge in [0.2, 0.25) is 0 Å². The molecular formula is C12H11N3O2. The van der Waals surface area contributed by atoms with Crippen molar-refractivity contribution in [1.29, 1.82) is 0 Å². The lowest BCUT2D eigenvalue weighted by Gasteiger charge is -1.96. The van der Waals surface area contributed by atoms with Crippen LogP contribution in [0.1, 0.15) is 0 Å². The molecule has 0 bridgehead atoms. The topological polar surface area (TPSA) is 77.1 Å². The number of rotatable bonds is 2. The summed E-state index contributed by atoms with van der Waals surface area (Å²) < 4.78 is 10.8. The molecule has 0 saturated carbocycles. The van der Waals surface area contributed by atoms with Gasteiger partial charge in [-0.1, -0.05) is 0 Å². The van der Waals surface area contributed by atoms with Gasteiger partial charge >= 0.3 is 0 Å². The second-order valence-corrected chi connectivity index (χ2v) is 3.71. The highest BCUT2D eigenvalue weighted by Crippen LogP contribution is 2.31. The van der Waals surface area contributed by atoms with E-state index in [0.29, 0.717) is 17.1 Å². The number of anilines is 1. The summed E-state index contributed by atoms with van der Waals surface area (Å²) >= 11 is 0. The molecule has 0 aliphatic rings. The van der Waals surface area contributed by atoms with Crippen LogP contribution in [0.25, 0.3) is 22.4 Å². The highest BCUT2D eigenvalue weighted by atomic mass is 16.5. The molecule has 3 N–H and O–H groups in total. The summed E-state index contributed by atoms with van der Waals surface area (Å²) in [5.74, 6) is 1.46. The molecule has 0 radical (unpaired) electrons. The molecule has 2 heterocycles. The lowest BCUT2D eigenvalue weighted by Crippen LogP contribution is -1.84. The Kier molecular flexibility index (Phi) is 2.04. The fourth-order valence-electron chi connectivity index (χ4n) is 1.76. The van der Waals surface area contributed by atoms with Gasteiger partial charge in [-0.05, 0) is 24.3 Å². The van der Waals surface area contributed by atoms with Crippen LogP contribution in [-0.4, -0.2) is 17.3 Å². The molecule has 0 aliphatic carbocycles. The number of H-pyrrole nitrogens is 1. The fraction of sp³-hybridized carbons (Fsp3) is 0.0833. The first-order valence-electron chi connectivity index (χ1n) is 5.15. The van der Waals surface area contributed by atoms with Gasteiger partial charge in [-0.2, -0.15) is 5.10 Å². The van der Waals surface area contributed by atoms with Crippen LogP contribution in [0.15, 0.2) is 34.9 Å². The maximum absolute atomic E-state index is 5.77. The standard InChI is InChI=1S/C12H11N3O2/c1-16-8-2-3-10-7(4-8)5-11(17-10)12-9(13)6-14-15-12/h2-6H,13H2,1H3,(H,14,15). The van der Waals surface area contributed by atoms with Gasteiger partial charge in [-0.15, -0.1) is 0 Å². The van der Waals surface area contributed by atoms with Crippen molar-refractivity contribution in [2.75, 3.05) is 12.8 Å². The molecule has 17 heavy (non-hydrogen) atoms. The molecule has 3 aromatic rings. The number of aromatic nitrogens is 2. The molecule has 0 fully saturated rings. The molecule has 0 amide bonds. The van der Waals surface area contributed by atoms with Crippen LogP contribution < -0.4 is 10.5 Å². The molecule has 86 valence electrons. The Bertz CT molecular complexity index is 669. The zero-order valence-corrected chi connectivity index (χ0v) is 9.23. The summed E-state index contributed by atoms with van der Waals surface area (Å²) in [6.07, 6.45) is 1.56. The highest BCUT2D eigenvalue weighted by Gasteiger charge is 2.11. The number of nitrogens with zero attached hydrogens (tertiary/aromatic N) is 1. The van der Waals surface area contributed by atoms with Crippen molar-refractivity contribution < 1.29 is 9.15 Å². The molecule has 5 nitrogen and oxygen atoms in total. The summed E-state index contributed by atoms with van der Waals surface area (Å²) in [7, 11) is 1.63. The van der Waals surface area contributed by atoms with Gasteiger partial charge in [-0.25, -0.2) is 0 Å².